The number of alkyl halides is 3. The Labute approximate surface area is 367 Å². The zero-order valence-corrected chi connectivity index (χ0v) is 37.0. The lowest BCUT2D eigenvalue weighted by Gasteiger charge is -2.29. The van der Waals surface area contributed by atoms with Gasteiger partial charge in [0.15, 0.2) is 0 Å². The molecule has 3 amide bonds. The van der Waals surface area contributed by atoms with Crippen LogP contribution in [0.2, 0.25) is 0 Å². The molecule has 0 spiro atoms. The van der Waals surface area contributed by atoms with Crippen LogP contribution in [0.25, 0.3) is 11.3 Å². The second-order valence-electron chi connectivity index (χ2n) is 15.5. The fourth-order valence-electron chi connectivity index (χ4n) is 6.19. The summed E-state index contributed by atoms with van der Waals surface area (Å²) in [7, 11) is 3.51. The van der Waals surface area contributed by atoms with Gasteiger partial charge in [-0.1, -0.05) is 36.2 Å². The van der Waals surface area contributed by atoms with Gasteiger partial charge in [0.25, 0.3) is 5.91 Å². The van der Waals surface area contributed by atoms with Gasteiger partial charge < -0.3 is 35.1 Å². The molecule has 0 aliphatic carbocycles. The summed E-state index contributed by atoms with van der Waals surface area (Å²) < 4.78 is 54.9. The van der Waals surface area contributed by atoms with Gasteiger partial charge >= 0.3 is 6.18 Å². The monoisotopic (exact) mass is 878 g/mol. The minimum atomic E-state index is -4.42. The number of nitrogens with one attached hydrogen (secondary N) is 3. The smallest absolute Gasteiger partial charge is 0.372 e. The third kappa shape index (κ3) is 16.9. The summed E-state index contributed by atoms with van der Waals surface area (Å²) in [5.41, 5.74) is 5.30. The minimum Gasteiger partial charge on any atom is -0.372 e. The number of benzene rings is 2. The molecule has 4 aromatic rings. The highest BCUT2D eigenvalue weighted by Crippen LogP contribution is 2.33. The topological polar surface area (TPSA) is 134 Å². The number of aromatic nitrogens is 1. The van der Waals surface area contributed by atoms with Crippen LogP contribution in [0.3, 0.4) is 0 Å². The van der Waals surface area contributed by atoms with Crippen LogP contribution in [0.4, 0.5) is 24.5 Å². The van der Waals surface area contributed by atoms with Crippen LogP contribution in [0, 0.1) is 19.1 Å². The molecule has 1 aromatic heterocycles. The molecule has 3 aromatic carbocycles. The molecule has 5 rings (SSSR count). The fraction of sp³-hybridized carbons (Fsp3) is 0.435. The summed E-state index contributed by atoms with van der Waals surface area (Å²) in [5.74, 6) is 0.399. The van der Waals surface area contributed by atoms with Crippen molar-refractivity contribution in [2.24, 2.45) is 0 Å². The number of nitrogens with zero attached hydrogens (tertiary/aromatic N) is 3. The fourth-order valence-corrected chi connectivity index (χ4v) is 6.88. The van der Waals surface area contributed by atoms with Crippen molar-refractivity contribution in [2.45, 2.75) is 83.6 Å². The van der Waals surface area contributed by atoms with Gasteiger partial charge in [-0.05, 0) is 125 Å². The number of ether oxygens (including phenoxy) is 3. The summed E-state index contributed by atoms with van der Waals surface area (Å²) in [6.45, 7) is 10.8. The zero-order valence-electron chi connectivity index (χ0n) is 36.2. The summed E-state index contributed by atoms with van der Waals surface area (Å²) >= 11 is 1.59. The number of rotatable bonds is 20. The molecule has 3 N–H and O–H groups in total. The van der Waals surface area contributed by atoms with E-state index in [1.165, 1.54) is 25.3 Å². The molecule has 1 fully saturated rings. The van der Waals surface area contributed by atoms with Gasteiger partial charge in [0.2, 0.25) is 12.3 Å². The van der Waals surface area contributed by atoms with E-state index in [2.05, 4.69) is 57.0 Å². The van der Waals surface area contributed by atoms with Gasteiger partial charge in [-0.2, -0.15) is 13.2 Å². The third-order valence-electron chi connectivity index (χ3n) is 9.59. The number of hydrogen-bond acceptors (Lipinski definition) is 10. The summed E-state index contributed by atoms with van der Waals surface area (Å²) in [6, 6.07) is 24.4. The van der Waals surface area contributed by atoms with E-state index in [4.69, 9.17) is 14.2 Å². The number of carbonyl (C=O) groups excluding carboxylic acids is 3. The summed E-state index contributed by atoms with van der Waals surface area (Å²) in [5, 5.41) is 8.32. The van der Waals surface area contributed by atoms with Crippen molar-refractivity contribution in [2.75, 3.05) is 57.5 Å². The normalized spacial score (nSPS) is 13.4. The molecule has 12 nitrogen and oxygen atoms in total. The number of methoxy groups -OCH3 is 1. The minimum absolute atomic E-state index is 0.0533. The maximum absolute atomic E-state index is 13.5. The second kappa shape index (κ2) is 24.5. The van der Waals surface area contributed by atoms with Crippen molar-refractivity contribution in [3.8, 4) is 11.3 Å². The van der Waals surface area contributed by atoms with Crippen molar-refractivity contribution in [3.05, 3.63) is 113 Å². The third-order valence-corrected chi connectivity index (χ3v) is 10.6. The summed E-state index contributed by atoms with van der Waals surface area (Å²) in [4.78, 5) is 42.9. The largest absolute Gasteiger partial charge is 0.424 e. The van der Waals surface area contributed by atoms with Crippen LogP contribution < -0.4 is 20.9 Å². The first kappa shape index (κ1) is 49.5. The Balaban J connectivity index is 0.000000511. The van der Waals surface area contributed by atoms with Gasteiger partial charge in [0.05, 0.1) is 29.5 Å². The average Bonchev–Trinajstić information content (AvgIpc) is 3.26. The quantitative estimate of drug-likeness (QED) is 0.0454. The van der Waals surface area contributed by atoms with Crippen molar-refractivity contribution < 1.29 is 41.8 Å². The number of carbonyl (C=O) groups is 3. The van der Waals surface area contributed by atoms with E-state index in [0.717, 1.165) is 52.9 Å². The molecule has 1 aliphatic heterocycles. The molecular weight excluding hydrogens is 822 g/mol. The number of hydrogen-bond donors (Lipinski definition) is 3. The zero-order chi connectivity index (χ0) is 45.1. The van der Waals surface area contributed by atoms with Gasteiger partial charge in [-0.3, -0.25) is 19.4 Å². The molecule has 16 heteroatoms. The molecule has 2 heterocycles. The van der Waals surface area contributed by atoms with Crippen molar-refractivity contribution >= 4 is 41.5 Å². The van der Waals surface area contributed by atoms with E-state index in [-0.39, 0.29) is 37.7 Å². The first-order valence-corrected chi connectivity index (χ1v) is 21.2. The molecule has 62 heavy (non-hydrogen) atoms. The standard InChI is InChI=1S/C37H51N5O5S.C9H6F3NO/c1-27-15-16-38-34(19-27)32-22-31(42-17-8-7-9-18-42)13-14-33(32)40-36(44)30-12-10-11-29(21-30)23-48-41(5)25-46-28(2)20-35(43)39-24-37(3,4)47-26-45-6;10-9(11,12)8-3-1-2-7(4-8)5-13-6-14/h10-16,19,21-22,28H,7-9,17-18,20,23-26H2,1-6H3,(H,39,43)(H,40,44);2,4,6H,5H2,(H,13,14). The Morgan fingerprint density at radius 2 is 1.82 bits per heavy atom. The molecular formula is C46H57F3N6O6S. The van der Waals surface area contributed by atoms with Crippen molar-refractivity contribution in [1.29, 1.82) is 0 Å². The van der Waals surface area contributed by atoms with E-state index in [1.807, 2.05) is 80.8 Å². The van der Waals surface area contributed by atoms with E-state index < -0.39 is 17.3 Å². The van der Waals surface area contributed by atoms with Crippen LogP contribution in [0.5, 0.6) is 0 Å². The lowest BCUT2D eigenvalue weighted by molar-refractivity contribution is -0.137. The number of pyridine rings is 1. The maximum Gasteiger partial charge on any atom is 0.424 e. The highest BCUT2D eigenvalue weighted by Gasteiger charge is 2.31. The van der Waals surface area contributed by atoms with E-state index in [0.29, 0.717) is 36.6 Å². The van der Waals surface area contributed by atoms with Crippen LogP contribution in [0.1, 0.15) is 79.1 Å². The second-order valence-corrected chi connectivity index (χ2v) is 16.7. The lowest BCUT2D eigenvalue weighted by Crippen LogP contribution is -2.41. The van der Waals surface area contributed by atoms with Crippen molar-refractivity contribution in [3.63, 3.8) is 0 Å². The van der Waals surface area contributed by atoms with Crippen LogP contribution in [0.15, 0.2) is 72.9 Å². The Kier molecular flexibility index (Phi) is 19.5. The molecule has 1 unspecified atom stereocenters. The molecule has 1 saturated heterocycles. The van der Waals surface area contributed by atoms with Crippen LogP contribution in [-0.4, -0.2) is 86.5 Å². The number of amides is 3. The van der Waals surface area contributed by atoms with E-state index in [9.17, 15) is 27.6 Å². The Bertz CT molecular complexity index is 2050. The van der Waals surface area contributed by atoms with Gasteiger partial charge in [0, 0.05) is 62.1 Å². The Hall–Kier alpha value is -5.18. The SMILES string of the molecule is COCOC(C)(C)CNC(=O)CC(C)OCN(C)SCc1cccc(C(=O)Nc2ccc(N3CCCCC3)cc2-c2cc(C)ccn2)c1.O=CNCc1cc#cc(C(F)(F)F)c1. The first-order valence-electron chi connectivity index (χ1n) is 20.3. The summed E-state index contributed by atoms with van der Waals surface area (Å²) in [6.07, 6.45) is 1.46. The molecule has 1 aliphatic rings. The van der Waals surface area contributed by atoms with E-state index >= 15 is 0 Å². The molecule has 1 atom stereocenters. The van der Waals surface area contributed by atoms with Crippen LogP contribution >= 0.6 is 11.9 Å². The predicted octanol–water partition coefficient (Wildman–Crippen LogP) is 8.20. The Morgan fingerprint density at radius 1 is 1.05 bits per heavy atom. The van der Waals surface area contributed by atoms with Gasteiger partial charge in [0.1, 0.15) is 19.1 Å². The highest BCUT2D eigenvalue weighted by molar-refractivity contribution is 7.96. The average molecular weight is 879 g/mol. The molecule has 0 radical (unpaired) electrons. The van der Waals surface area contributed by atoms with Gasteiger partial charge in [-0.25, -0.2) is 4.31 Å². The Morgan fingerprint density at radius 3 is 2.53 bits per heavy atom. The molecule has 0 saturated carbocycles. The number of anilines is 2. The number of halogens is 3. The predicted molar refractivity (Wildman–Crippen MR) is 236 cm³/mol. The highest BCUT2D eigenvalue weighted by atomic mass is 32.2. The van der Waals surface area contributed by atoms with Crippen LogP contribution in [-0.2, 0) is 42.3 Å². The maximum atomic E-state index is 13.5. The lowest BCUT2D eigenvalue weighted by atomic mass is 10.0. The van der Waals surface area contributed by atoms with E-state index in [1.54, 1.807) is 19.1 Å². The van der Waals surface area contributed by atoms with Crippen molar-refractivity contribution in [1.82, 2.24) is 19.9 Å². The number of piperidine rings is 1. The molecule has 0 bridgehead atoms. The number of aryl methyl sites for hydroxylation is 1. The molecule has 334 valence electrons. The first-order chi connectivity index (χ1) is 29.6. The van der Waals surface area contributed by atoms with Gasteiger partial charge in [-0.15, -0.1) is 0 Å².